The van der Waals surface area contributed by atoms with Gasteiger partial charge in [0.2, 0.25) is 17.7 Å². The number of aryl methyl sites for hydroxylation is 2. The minimum atomic E-state index is -4.46. The van der Waals surface area contributed by atoms with E-state index in [4.69, 9.17) is 0 Å². The first kappa shape index (κ1) is 53.2. The highest BCUT2D eigenvalue weighted by atomic mass is 32.1. The molecule has 20 heteroatoms. The number of anilines is 1. The summed E-state index contributed by atoms with van der Waals surface area (Å²) in [5.74, 6) is 5.53. The number of alkyl halides is 3. The molecule has 1 unspecified atom stereocenters. The molecule has 3 aromatic carbocycles. The molecule has 0 saturated carbocycles. The lowest BCUT2D eigenvalue weighted by atomic mass is 9.85. The van der Waals surface area contributed by atoms with Gasteiger partial charge in [0.25, 0.3) is 5.91 Å². The number of amides is 4. The summed E-state index contributed by atoms with van der Waals surface area (Å²) in [6.07, 6.45) is -0.887. The molecule has 2 aliphatic rings. The first-order chi connectivity index (χ1) is 36.3. The van der Waals surface area contributed by atoms with Gasteiger partial charge in [0.05, 0.1) is 39.8 Å². The van der Waals surface area contributed by atoms with E-state index in [9.17, 15) is 37.5 Å². The SMILES string of the molecule is Cc1ncsc1-c1ccc(CNC(=O)[C@@H]2C[C@@H](O)CN2C(=O)C(NC(=O)CCCN2CCN(c3ccc(C#CCNC(=O)c4ccc5c(c4)c4cn(C)nc4n5-c4ccc(C(F)(F)F)cc4)cn3)CC2)C(C)(C)C)cc1. The molecule has 4 N–H and O–H groups in total. The van der Waals surface area contributed by atoms with Crippen LogP contribution in [0.4, 0.5) is 19.0 Å². The number of thiazole rings is 1. The molecule has 3 atom stereocenters. The fraction of sp³-hybridized carbons (Fsp3) is 0.375. The maximum atomic E-state index is 14.1. The minimum absolute atomic E-state index is 0.00194. The van der Waals surface area contributed by atoms with E-state index in [1.54, 1.807) is 52.0 Å². The molecular formula is C56H60F3N11O5S. The zero-order valence-electron chi connectivity index (χ0n) is 42.9. The number of nitrogens with one attached hydrogen (secondary N) is 3. The van der Waals surface area contributed by atoms with Crippen LogP contribution in [0, 0.1) is 24.2 Å². The van der Waals surface area contributed by atoms with Gasteiger partial charge in [-0.05, 0) is 91.0 Å². The standard InChI is InChI=1S/C56H60F3N11O5S/c1-35-49(76-34-63-35)38-13-10-37(11-14-38)31-62-53(74)46-29-42(71)32-69(46)54(75)50(55(2,3)4)64-48(72)9-7-23-67-24-26-68(27-25-67)47-21-12-36(30-61-47)8-6-22-60-52(73)39-15-20-45-43(28-39)44-33-66(5)65-51(44)70(45)41-18-16-40(17-19-41)56(57,58)59/h10-21,28,30,33-34,42,46,50,71H,7,9,22-27,29,31-32H2,1-5H3,(H,60,73)(H,62,74)(H,64,72)/t42-,46+,50?/m1/s1. The van der Waals surface area contributed by atoms with Crippen molar-refractivity contribution in [2.45, 2.75) is 77.9 Å². The van der Waals surface area contributed by atoms with Crippen LogP contribution < -0.4 is 20.9 Å². The smallest absolute Gasteiger partial charge is 0.391 e. The Morgan fingerprint density at radius 1 is 0.908 bits per heavy atom. The van der Waals surface area contributed by atoms with E-state index >= 15 is 0 Å². The maximum absolute atomic E-state index is 14.1. The number of likely N-dealkylation sites (tertiary alicyclic amines) is 1. The number of carbonyl (C=O) groups is 4. The van der Waals surface area contributed by atoms with E-state index < -0.39 is 41.2 Å². The molecule has 16 nitrogen and oxygen atoms in total. The number of pyridine rings is 1. The van der Waals surface area contributed by atoms with Crippen molar-refractivity contribution >= 4 is 62.7 Å². The second-order valence-corrected chi connectivity index (χ2v) is 21.3. The second kappa shape index (κ2) is 22.3. The third-order valence-corrected chi connectivity index (χ3v) is 14.8. The highest BCUT2D eigenvalue weighted by molar-refractivity contribution is 7.13. The van der Waals surface area contributed by atoms with Crippen LogP contribution in [0.1, 0.15) is 72.8 Å². The molecule has 4 aromatic heterocycles. The summed E-state index contributed by atoms with van der Waals surface area (Å²) in [4.78, 5) is 70.2. The quantitative estimate of drug-likeness (QED) is 0.0841. The van der Waals surface area contributed by atoms with Gasteiger partial charge >= 0.3 is 6.18 Å². The Balaban J connectivity index is 0.708. The van der Waals surface area contributed by atoms with E-state index in [0.717, 1.165) is 76.6 Å². The average Bonchev–Trinajstić information content (AvgIpc) is 4.30. The molecule has 0 bridgehead atoms. The number of carbonyl (C=O) groups excluding carboxylic acids is 4. The molecule has 76 heavy (non-hydrogen) atoms. The molecule has 2 fully saturated rings. The lowest BCUT2D eigenvalue weighted by Crippen LogP contribution is -2.57. The molecular weight excluding hydrogens is 996 g/mol. The topological polar surface area (TPSA) is 183 Å². The number of nitrogens with zero attached hydrogens (tertiary/aromatic N) is 8. The maximum Gasteiger partial charge on any atom is 0.416 e. The summed E-state index contributed by atoms with van der Waals surface area (Å²) in [6.45, 7) is 11.7. The van der Waals surface area contributed by atoms with Crippen LogP contribution in [0.15, 0.2) is 96.8 Å². The van der Waals surface area contributed by atoms with E-state index in [-0.39, 0.29) is 50.2 Å². The van der Waals surface area contributed by atoms with Crippen molar-refractivity contribution in [3.8, 4) is 28.0 Å². The van der Waals surface area contributed by atoms with Crippen molar-refractivity contribution in [3.05, 3.63) is 125 Å². The summed E-state index contributed by atoms with van der Waals surface area (Å²) in [5.41, 5.74) is 6.16. The van der Waals surface area contributed by atoms with Crippen molar-refractivity contribution in [1.29, 1.82) is 0 Å². The van der Waals surface area contributed by atoms with E-state index in [1.165, 1.54) is 17.0 Å². The number of rotatable bonds is 14. The number of β-amino-alcohol motifs (C(OH)–C–C–N with tert-alkyl or cyclic N) is 1. The predicted octanol–water partition coefficient (Wildman–Crippen LogP) is 6.86. The monoisotopic (exact) mass is 1060 g/mol. The molecule has 0 aliphatic carbocycles. The van der Waals surface area contributed by atoms with Gasteiger partial charge in [0, 0.05) is 99.1 Å². The van der Waals surface area contributed by atoms with Crippen LogP contribution in [0.25, 0.3) is 38.1 Å². The van der Waals surface area contributed by atoms with Crippen LogP contribution in [0.3, 0.4) is 0 Å². The van der Waals surface area contributed by atoms with Gasteiger partial charge in [0.1, 0.15) is 17.9 Å². The third kappa shape index (κ3) is 12.1. The fourth-order valence-corrected chi connectivity index (χ4v) is 10.6. The molecule has 396 valence electrons. The predicted molar refractivity (Wildman–Crippen MR) is 286 cm³/mol. The number of fused-ring (bicyclic) bond motifs is 3. The van der Waals surface area contributed by atoms with Crippen molar-refractivity contribution in [2.24, 2.45) is 12.5 Å². The largest absolute Gasteiger partial charge is 0.416 e. The number of benzene rings is 3. The Morgan fingerprint density at radius 3 is 2.33 bits per heavy atom. The van der Waals surface area contributed by atoms with Gasteiger partial charge in [-0.3, -0.25) is 33.3 Å². The summed E-state index contributed by atoms with van der Waals surface area (Å²) in [7, 11) is 1.76. The van der Waals surface area contributed by atoms with Gasteiger partial charge in [-0.1, -0.05) is 56.9 Å². The van der Waals surface area contributed by atoms with E-state index in [1.807, 2.05) is 75.8 Å². The van der Waals surface area contributed by atoms with Gasteiger partial charge in [-0.25, -0.2) is 9.97 Å². The molecule has 9 rings (SSSR count). The highest BCUT2D eigenvalue weighted by Crippen LogP contribution is 2.35. The van der Waals surface area contributed by atoms with Gasteiger partial charge in [0.15, 0.2) is 5.65 Å². The molecule has 4 amide bonds. The molecule has 6 heterocycles. The Hall–Kier alpha value is -7.60. The molecule has 2 saturated heterocycles. The van der Waals surface area contributed by atoms with Crippen molar-refractivity contribution in [2.75, 3.05) is 50.7 Å². The molecule has 2 aliphatic heterocycles. The zero-order valence-corrected chi connectivity index (χ0v) is 43.8. The number of aliphatic hydroxyl groups excluding tert-OH is 1. The van der Waals surface area contributed by atoms with Crippen molar-refractivity contribution < 1.29 is 37.5 Å². The number of hydrogen-bond acceptors (Lipinski definition) is 11. The highest BCUT2D eigenvalue weighted by Gasteiger charge is 2.44. The first-order valence-corrected chi connectivity index (χ1v) is 26.1. The molecule has 0 spiro atoms. The molecule has 7 aromatic rings. The van der Waals surface area contributed by atoms with Gasteiger partial charge in [-0.15, -0.1) is 11.3 Å². The number of hydrogen-bond donors (Lipinski definition) is 4. The summed E-state index contributed by atoms with van der Waals surface area (Å²) in [5, 5.41) is 25.4. The Bertz CT molecular complexity index is 3310. The lowest BCUT2D eigenvalue weighted by Gasteiger charge is -2.36. The van der Waals surface area contributed by atoms with Crippen molar-refractivity contribution in [1.82, 2.24) is 50.1 Å². The lowest BCUT2D eigenvalue weighted by molar-refractivity contribution is -0.144. The third-order valence-electron chi connectivity index (χ3n) is 13.9. The Kier molecular flexibility index (Phi) is 15.6. The summed E-state index contributed by atoms with van der Waals surface area (Å²) < 4.78 is 43.2. The average molecular weight is 1060 g/mol. The van der Waals surface area contributed by atoms with Gasteiger partial charge in [-0.2, -0.15) is 18.3 Å². The van der Waals surface area contributed by atoms with Crippen LogP contribution >= 0.6 is 11.3 Å². The zero-order chi connectivity index (χ0) is 53.9. The Morgan fingerprint density at radius 2 is 1.66 bits per heavy atom. The fourth-order valence-electron chi connectivity index (χ4n) is 9.79. The second-order valence-electron chi connectivity index (χ2n) is 20.4. The van der Waals surface area contributed by atoms with Crippen LogP contribution in [-0.4, -0.2) is 127 Å². The first-order valence-electron chi connectivity index (χ1n) is 25.2. The van der Waals surface area contributed by atoms with Crippen LogP contribution in [-0.2, 0) is 34.2 Å². The van der Waals surface area contributed by atoms with Crippen molar-refractivity contribution in [3.63, 3.8) is 0 Å². The number of halogens is 3. The van der Waals surface area contributed by atoms with Crippen LogP contribution in [0.5, 0.6) is 0 Å². The van der Waals surface area contributed by atoms with Crippen LogP contribution in [0.2, 0.25) is 0 Å². The Labute approximate surface area is 442 Å². The van der Waals surface area contributed by atoms with E-state index in [2.05, 4.69) is 52.7 Å². The van der Waals surface area contributed by atoms with Gasteiger partial charge < -0.3 is 30.9 Å². The summed E-state index contributed by atoms with van der Waals surface area (Å²) >= 11 is 1.57. The number of aromatic nitrogens is 5. The normalized spacial score (nSPS) is 16.6. The summed E-state index contributed by atoms with van der Waals surface area (Å²) in [6, 6.07) is 20.0. The minimum Gasteiger partial charge on any atom is -0.391 e. The number of piperazine rings is 1. The molecule has 0 radical (unpaired) electrons. The van der Waals surface area contributed by atoms with E-state index in [0.29, 0.717) is 40.9 Å². The number of aliphatic hydroxyl groups is 1.